The van der Waals surface area contributed by atoms with E-state index in [-0.39, 0.29) is 10.9 Å². The van der Waals surface area contributed by atoms with E-state index in [0.717, 1.165) is 0 Å². The van der Waals surface area contributed by atoms with Gasteiger partial charge in [-0.2, -0.15) is 0 Å². The summed E-state index contributed by atoms with van der Waals surface area (Å²) in [5.41, 5.74) is 1.53. The molecule has 0 spiro atoms. The van der Waals surface area contributed by atoms with Gasteiger partial charge in [-0.1, -0.05) is 30.3 Å². The van der Waals surface area contributed by atoms with Gasteiger partial charge < -0.3 is 15.4 Å². The predicted molar refractivity (Wildman–Crippen MR) is 112 cm³/mol. The molecule has 3 N–H and O–H groups in total. The number of halogens is 1. The average molecular weight is 420 g/mol. The number of amides is 2. The molecule has 1 unspecified atom stereocenters. The van der Waals surface area contributed by atoms with Crippen LogP contribution < -0.4 is 16.0 Å². The van der Waals surface area contributed by atoms with Gasteiger partial charge in [-0.05, 0) is 37.3 Å². The molecule has 0 aliphatic carbocycles. The van der Waals surface area contributed by atoms with Crippen molar-refractivity contribution in [2.75, 3.05) is 17.7 Å². The molecule has 0 heterocycles. The van der Waals surface area contributed by atoms with Crippen LogP contribution in [-0.4, -0.2) is 35.4 Å². The molecule has 146 valence electrons. The molecule has 0 aliphatic rings. The third kappa shape index (κ3) is 5.77. The predicted octanol–water partition coefficient (Wildman–Crippen LogP) is 3.54. The Morgan fingerprint density at radius 2 is 1.68 bits per heavy atom. The van der Waals surface area contributed by atoms with Crippen molar-refractivity contribution in [2.24, 2.45) is 0 Å². The molecule has 0 fully saturated rings. The number of hydrogen-bond acceptors (Lipinski definition) is 5. The van der Waals surface area contributed by atoms with Crippen LogP contribution in [0.25, 0.3) is 0 Å². The first kappa shape index (κ1) is 21.3. The van der Waals surface area contributed by atoms with E-state index in [4.69, 9.17) is 23.8 Å². The van der Waals surface area contributed by atoms with Gasteiger partial charge >= 0.3 is 6.09 Å². The molecule has 7 nitrogen and oxygen atoms in total. The number of ether oxygens (including phenoxy) is 1. The van der Waals surface area contributed by atoms with Gasteiger partial charge in [0.2, 0.25) is 5.91 Å². The van der Waals surface area contributed by atoms with Crippen molar-refractivity contribution in [1.82, 2.24) is 5.32 Å². The number of ketones is 1. The molecule has 0 aromatic heterocycles. The number of benzene rings is 2. The molecule has 9 heteroatoms. The van der Waals surface area contributed by atoms with Crippen molar-refractivity contribution < 1.29 is 19.1 Å². The fourth-order valence-corrected chi connectivity index (χ4v) is 2.43. The second kappa shape index (κ2) is 9.82. The highest BCUT2D eigenvalue weighted by Gasteiger charge is 2.16. The molecule has 2 rings (SSSR count). The minimum Gasteiger partial charge on any atom is -0.453 e. The lowest BCUT2D eigenvalue weighted by Gasteiger charge is -2.16. The normalized spacial score (nSPS) is 11.1. The van der Waals surface area contributed by atoms with Crippen LogP contribution in [0.5, 0.6) is 0 Å². The number of alkyl carbamates (subject to hydrolysis) is 1. The fourth-order valence-electron chi connectivity index (χ4n) is 2.18. The van der Waals surface area contributed by atoms with Crippen LogP contribution in [0.3, 0.4) is 0 Å². The monoisotopic (exact) mass is 419 g/mol. The maximum atomic E-state index is 12.7. The highest BCUT2D eigenvalue weighted by atomic mass is 35.5. The summed E-state index contributed by atoms with van der Waals surface area (Å²) >= 11 is 10.9. The zero-order valence-electron chi connectivity index (χ0n) is 15.1. The Balaban J connectivity index is 2.35. The van der Waals surface area contributed by atoms with Gasteiger partial charge in [-0.25, -0.2) is 4.79 Å². The van der Waals surface area contributed by atoms with E-state index in [1.165, 1.54) is 20.1 Å². The molecule has 0 aliphatic heterocycles. The van der Waals surface area contributed by atoms with Crippen LogP contribution in [0.2, 0.25) is 0 Å². The highest BCUT2D eigenvalue weighted by molar-refractivity contribution is 7.80. The minimum absolute atomic E-state index is 0.0643. The van der Waals surface area contributed by atoms with Crippen molar-refractivity contribution in [3.63, 3.8) is 0 Å². The molecule has 28 heavy (non-hydrogen) atoms. The second-order valence-electron chi connectivity index (χ2n) is 5.63. The zero-order valence-corrected chi connectivity index (χ0v) is 16.7. The molecule has 2 aromatic rings. The lowest BCUT2D eigenvalue weighted by atomic mass is 10.0. The summed E-state index contributed by atoms with van der Waals surface area (Å²) in [6.45, 7) is 1.53. The smallest absolute Gasteiger partial charge is 0.413 e. The summed E-state index contributed by atoms with van der Waals surface area (Å²) in [7, 11) is 1.20. The van der Waals surface area contributed by atoms with Gasteiger partial charge in [0.05, 0.1) is 18.5 Å². The molecule has 2 aromatic carbocycles. The quantitative estimate of drug-likeness (QED) is 0.389. The molecule has 0 radical (unpaired) electrons. The van der Waals surface area contributed by atoms with Crippen molar-refractivity contribution in [1.29, 1.82) is 0 Å². The van der Waals surface area contributed by atoms with E-state index in [0.29, 0.717) is 22.5 Å². The van der Waals surface area contributed by atoms with Crippen LogP contribution in [-0.2, 0) is 9.53 Å². The number of nitrogens with one attached hydrogen (secondary N) is 3. The molecule has 0 bridgehead atoms. The fraction of sp³-hybridized carbons (Fsp3) is 0.158. The Morgan fingerprint density at radius 3 is 2.29 bits per heavy atom. The van der Waals surface area contributed by atoms with Gasteiger partial charge in [0.15, 0.2) is 10.9 Å². The van der Waals surface area contributed by atoms with Crippen LogP contribution in [0.15, 0.2) is 48.5 Å². The van der Waals surface area contributed by atoms with E-state index in [1.54, 1.807) is 36.4 Å². The van der Waals surface area contributed by atoms with Crippen molar-refractivity contribution in [2.45, 2.75) is 12.3 Å². The van der Waals surface area contributed by atoms with E-state index in [1.807, 2.05) is 6.07 Å². The molecule has 0 saturated carbocycles. The summed E-state index contributed by atoms with van der Waals surface area (Å²) in [4.78, 5) is 36.0. The van der Waals surface area contributed by atoms with Gasteiger partial charge in [-0.15, -0.1) is 11.6 Å². The molecular weight excluding hydrogens is 402 g/mol. The SMILES string of the molecule is COC(=O)NC(=S)Nc1cc(C(=O)c2ccccc2)ccc1NC(=O)C(C)Cl. The number of rotatable bonds is 5. The Labute approximate surface area is 172 Å². The van der Waals surface area contributed by atoms with Crippen LogP contribution in [0, 0.1) is 0 Å². The first-order valence-corrected chi connectivity index (χ1v) is 9.01. The number of carbonyl (C=O) groups excluding carboxylic acids is 3. The maximum Gasteiger partial charge on any atom is 0.413 e. The zero-order chi connectivity index (χ0) is 20.7. The van der Waals surface area contributed by atoms with Crippen LogP contribution in [0.4, 0.5) is 16.2 Å². The van der Waals surface area contributed by atoms with Gasteiger partial charge in [0.1, 0.15) is 5.38 Å². The van der Waals surface area contributed by atoms with Crippen LogP contribution in [0.1, 0.15) is 22.8 Å². The topological polar surface area (TPSA) is 96.5 Å². The Bertz CT molecular complexity index is 903. The van der Waals surface area contributed by atoms with E-state index in [2.05, 4.69) is 20.7 Å². The largest absolute Gasteiger partial charge is 0.453 e. The first-order valence-electron chi connectivity index (χ1n) is 8.16. The summed E-state index contributed by atoms with van der Waals surface area (Å²) in [6, 6.07) is 13.4. The highest BCUT2D eigenvalue weighted by Crippen LogP contribution is 2.25. The summed E-state index contributed by atoms with van der Waals surface area (Å²) in [5.74, 6) is -0.641. The Kier molecular flexibility index (Phi) is 7.48. The number of thiocarbonyl (C=S) groups is 1. The van der Waals surface area contributed by atoms with E-state index >= 15 is 0 Å². The van der Waals surface area contributed by atoms with E-state index in [9.17, 15) is 14.4 Å². The number of alkyl halides is 1. The summed E-state index contributed by atoms with van der Waals surface area (Å²) in [5, 5.41) is 6.88. The Morgan fingerprint density at radius 1 is 1.00 bits per heavy atom. The Hall–Kier alpha value is -2.97. The van der Waals surface area contributed by atoms with Crippen molar-refractivity contribution in [3.8, 4) is 0 Å². The van der Waals surface area contributed by atoms with Gasteiger partial charge in [0.25, 0.3) is 0 Å². The number of anilines is 2. The third-order valence-corrected chi connectivity index (χ3v) is 3.99. The van der Waals surface area contributed by atoms with Gasteiger partial charge in [0, 0.05) is 11.1 Å². The molecule has 2 amide bonds. The molecule has 0 saturated heterocycles. The number of hydrogen-bond donors (Lipinski definition) is 3. The summed E-state index contributed by atoms with van der Waals surface area (Å²) < 4.78 is 4.49. The van der Waals surface area contributed by atoms with E-state index < -0.39 is 17.4 Å². The second-order valence-corrected chi connectivity index (χ2v) is 6.69. The lowest BCUT2D eigenvalue weighted by Crippen LogP contribution is -2.34. The first-order chi connectivity index (χ1) is 13.3. The third-order valence-electron chi connectivity index (χ3n) is 3.59. The average Bonchev–Trinajstić information content (AvgIpc) is 2.69. The van der Waals surface area contributed by atoms with Crippen molar-refractivity contribution >= 4 is 58.1 Å². The lowest BCUT2D eigenvalue weighted by molar-refractivity contribution is -0.115. The molecular formula is C19H18ClN3O4S. The number of methoxy groups -OCH3 is 1. The van der Waals surface area contributed by atoms with Crippen molar-refractivity contribution in [3.05, 3.63) is 59.7 Å². The van der Waals surface area contributed by atoms with Gasteiger partial charge in [-0.3, -0.25) is 14.9 Å². The minimum atomic E-state index is -0.765. The standard InChI is InChI=1S/C19H18ClN3O4S/c1-11(20)17(25)21-14-9-8-13(16(24)12-6-4-3-5-7-12)10-15(14)22-18(28)23-19(26)27-2/h3-11H,1-2H3,(H,21,25)(H2,22,23,26,28). The van der Waals surface area contributed by atoms with Crippen LogP contribution >= 0.6 is 23.8 Å². The number of carbonyl (C=O) groups is 3. The molecule has 1 atom stereocenters. The summed E-state index contributed by atoms with van der Waals surface area (Å²) in [6.07, 6.45) is -0.756. The maximum absolute atomic E-state index is 12.7.